The Kier molecular flexibility index (Phi) is 3.26. The van der Waals surface area contributed by atoms with Crippen LogP contribution in [0, 0.1) is 0 Å². The maximum Gasteiger partial charge on any atom is 0.341 e. The number of carbonyl (C=O) groups excluding carboxylic acids is 1. The molecule has 4 nitrogen and oxygen atoms in total. The lowest BCUT2D eigenvalue weighted by molar-refractivity contribution is -0.131. The van der Waals surface area contributed by atoms with E-state index in [0.29, 0.717) is 0 Å². The summed E-state index contributed by atoms with van der Waals surface area (Å²) in [6.45, 7) is 4.57. The van der Waals surface area contributed by atoms with Crippen LogP contribution in [0.15, 0.2) is 35.7 Å². The Morgan fingerprint density at radius 3 is 2.27 bits per heavy atom. The molecule has 0 amide bonds. The van der Waals surface area contributed by atoms with Gasteiger partial charge in [0.2, 0.25) is 0 Å². The van der Waals surface area contributed by atoms with Gasteiger partial charge in [-0.1, -0.05) is 24.8 Å². The van der Waals surface area contributed by atoms with E-state index in [9.17, 15) is 13.2 Å². The van der Waals surface area contributed by atoms with E-state index in [4.69, 9.17) is 0 Å². The summed E-state index contributed by atoms with van der Waals surface area (Å²) in [7, 11) is -3.97. The van der Waals surface area contributed by atoms with Crippen molar-refractivity contribution < 1.29 is 17.4 Å². The molecule has 1 rings (SSSR count). The smallest absolute Gasteiger partial charge is 0.341 e. The predicted molar refractivity (Wildman–Crippen MR) is 55.5 cm³/mol. The average Bonchev–Trinajstić information content (AvgIpc) is 2.16. The van der Waals surface area contributed by atoms with Gasteiger partial charge in [-0.05, 0) is 17.7 Å². The van der Waals surface area contributed by atoms with Crippen LogP contribution in [-0.2, 0) is 19.1 Å². The minimum atomic E-state index is -3.97. The molecule has 0 heterocycles. The lowest BCUT2D eigenvalue weighted by atomic mass is 10.2. The first kappa shape index (κ1) is 11.5. The Hall–Kier alpha value is -1.62. The summed E-state index contributed by atoms with van der Waals surface area (Å²) in [5, 5.41) is 0. The number of benzene rings is 1. The zero-order valence-electron chi connectivity index (χ0n) is 8.14. The molecule has 0 N–H and O–H groups in total. The second-order valence-corrected chi connectivity index (χ2v) is 4.35. The minimum absolute atomic E-state index is 0.0525. The predicted octanol–water partition coefficient (Wildman–Crippen LogP) is 1.58. The molecule has 15 heavy (non-hydrogen) atoms. The molecule has 0 radical (unpaired) electrons. The summed E-state index contributed by atoms with van der Waals surface area (Å²) in [6, 6.07) is 5.86. The van der Waals surface area contributed by atoms with Crippen LogP contribution >= 0.6 is 0 Å². The monoisotopic (exact) mass is 226 g/mol. The van der Waals surface area contributed by atoms with Gasteiger partial charge in [-0.3, -0.25) is 4.79 Å². The molecule has 0 spiro atoms. The van der Waals surface area contributed by atoms with Crippen molar-refractivity contribution >= 4 is 22.2 Å². The van der Waals surface area contributed by atoms with Gasteiger partial charge < -0.3 is 4.18 Å². The fourth-order valence-electron chi connectivity index (χ4n) is 0.973. The normalized spacial score (nSPS) is 10.7. The first-order chi connectivity index (χ1) is 6.95. The van der Waals surface area contributed by atoms with Crippen molar-refractivity contribution in [1.82, 2.24) is 0 Å². The first-order valence-corrected chi connectivity index (χ1v) is 5.54. The molecule has 0 atom stereocenters. The van der Waals surface area contributed by atoms with Crippen molar-refractivity contribution in [3.8, 4) is 0 Å². The maximum atomic E-state index is 11.4. The molecule has 0 bridgehead atoms. The number of carbonyl (C=O) groups is 1. The van der Waals surface area contributed by atoms with Crippen LogP contribution in [0.25, 0.3) is 6.08 Å². The zero-order chi connectivity index (χ0) is 11.5. The molecule has 1 aromatic rings. The van der Waals surface area contributed by atoms with E-state index in [-0.39, 0.29) is 4.90 Å². The van der Waals surface area contributed by atoms with Crippen LogP contribution in [0.1, 0.15) is 12.5 Å². The second kappa shape index (κ2) is 4.27. The summed E-state index contributed by atoms with van der Waals surface area (Å²) in [5.74, 6) is -0.859. The Morgan fingerprint density at radius 2 is 1.87 bits per heavy atom. The molecule has 0 unspecified atom stereocenters. The molecular formula is C10H10O4S. The van der Waals surface area contributed by atoms with Crippen molar-refractivity contribution in [2.45, 2.75) is 11.8 Å². The van der Waals surface area contributed by atoms with Crippen molar-refractivity contribution in [3.05, 3.63) is 36.4 Å². The van der Waals surface area contributed by atoms with Gasteiger partial charge in [-0.15, -0.1) is 0 Å². The summed E-state index contributed by atoms with van der Waals surface area (Å²) < 4.78 is 27.0. The third-order valence-electron chi connectivity index (χ3n) is 1.63. The second-order valence-electron chi connectivity index (χ2n) is 2.80. The number of hydrogen-bond donors (Lipinski definition) is 0. The molecule has 5 heteroatoms. The summed E-state index contributed by atoms with van der Waals surface area (Å²) in [4.78, 5) is 10.5. The van der Waals surface area contributed by atoms with E-state index in [1.54, 1.807) is 18.2 Å². The highest BCUT2D eigenvalue weighted by Crippen LogP contribution is 2.13. The fourth-order valence-corrected chi connectivity index (χ4v) is 1.85. The summed E-state index contributed by atoms with van der Waals surface area (Å²) in [6.07, 6.45) is 1.59. The Morgan fingerprint density at radius 1 is 1.33 bits per heavy atom. The molecular weight excluding hydrogens is 216 g/mol. The topological polar surface area (TPSA) is 60.4 Å². The minimum Gasteiger partial charge on any atom is -0.343 e. The molecule has 0 aromatic heterocycles. The SMILES string of the molecule is C=Cc1ccc(S(=O)(=O)OC(C)=O)cc1. The highest BCUT2D eigenvalue weighted by Gasteiger charge is 2.17. The molecule has 1 aromatic carbocycles. The lowest BCUT2D eigenvalue weighted by Crippen LogP contribution is -2.10. The van der Waals surface area contributed by atoms with Crippen molar-refractivity contribution in [3.63, 3.8) is 0 Å². The molecule has 0 saturated heterocycles. The van der Waals surface area contributed by atoms with Gasteiger partial charge >= 0.3 is 16.1 Å². The van der Waals surface area contributed by atoms with Gasteiger partial charge in [0, 0.05) is 6.92 Å². The van der Waals surface area contributed by atoms with Gasteiger partial charge in [-0.25, -0.2) is 0 Å². The van der Waals surface area contributed by atoms with E-state index in [0.717, 1.165) is 12.5 Å². The standard InChI is InChI=1S/C10H10O4S/c1-3-9-4-6-10(7-5-9)15(12,13)14-8(2)11/h3-7H,1H2,2H3. The molecule has 0 aliphatic carbocycles. The molecule has 0 saturated carbocycles. The largest absolute Gasteiger partial charge is 0.343 e. The van der Waals surface area contributed by atoms with E-state index in [2.05, 4.69) is 10.8 Å². The van der Waals surface area contributed by atoms with Crippen LogP contribution in [0.3, 0.4) is 0 Å². The summed E-state index contributed by atoms with van der Waals surface area (Å²) in [5.41, 5.74) is 0.789. The van der Waals surface area contributed by atoms with Crippen molar-refractivity contribution in [1.29, 1.82) is 0 Å². The summed E-state index contributed by atoms with van der Waals surface area (Å²) >= 11 is 0. The van der Waals surface area contributed by atoms with Crippen LogP contribution in [-0.4, -0.2) is 14.4 Å². The number of hydrogen-bond acceptors (Lipinski definition) is 4. The van der Waals surface area contributed by atoms with E-state index < -0.39 is 16.1 Å². The highest BCUT2D eigenvalue weighted by molar-refractivity contribution is 7.87. The Labute approximate surface area is 88.3 Å². The van der Waals surface area contributed by atoms with Crippen LogP contribution < -0.4 is 0 Å². The molecule has 80 valence electrons. The van der Waals surface area contributed by atoms with E-state index in [1.165, 1.54) is 12.1 Å². The average molecular weight is 226 g/mol. The van der Waals surface area contributed by atoms with Gasteiger partial charge in [0.25, 0.3) is 0 Å². The third kappa shape index (κ3) is 2.92. The highest BCUT2D eigenvalue weighted by atomic mass is 32.2. The molecule has 0 aliphatic heterocycles. The molecule has 0 aliphatic rings. The van der Waals surface area contributed by atoms with Crippen LogP contribution in [0.4, 0.5) is 0 Å². The van der Waals surface area contributed by atoms with E-state index in [1.807, 2.05) is 0 Å². The Balaban J connectivity index is 3.06. The Bertz CT molecular complexity index is 471. The van der Waals surface area contributed by atoms with Gasteiger partial charge in [0.15, 0.2) is 0 Å². The quantitative estimate of drug-likeness (QED) is 0.734. The van der Waals surface area contributed by atoms with Crippen LogP contribution in [0.5, 0.6) is 0 Å². The fraction of sp³-hybridized carbons (Fsp3) is 0.100. The third-order valence-corrected chi connectivity index (χ3v) is 2.94. The maximum absolute atomic E-state index is 11.4. The van der Waals surface area contributed by atoms with Crippen molar-refractivity contribution in [2.24, 2.45) is 0 Å². The molecule has 0 fully saturated rings. The van der Waals surface area contributed by atoms with Gasteiger partial charge in [0.1, 0.15) is 4.90 Å². The van der Waals surface area contributed by atoms with Crippen molar-refractivity contribution in [2.75, 3.05) is 0 Å². The van der Waals surface area contributed by atoms with Gasteiger partial charge in [-0.2, -0.15) is 8.42 Å². The zero-order valence-corrected chi connectivity index (χ0v) is 8.95. The van der Waals surface area contributed by atoms with Crippen LogP contribution in [0.2, 0.25) is 0 Å². The lowest BCUT2D eigenvalue weighted by Gasteiger charge is -2.03. The van der Waals surface area contributed by atoms with E-state index >= 15 is 0 Å². The first-order valence-electron chi connectivity index (χ1n) is 4.13. The number of rotatable bonds is 3. The van der Waals surface area contributed by atoms with Gasteiger partial charge in [0.05, 0.1) is 0 Å².